The third-order valence-corrected chi connectivity index (χ3v) is 4.51. The SMILES string of the molecule is CCCOC1CCC(C(F)(F)Cc2ccc(C)c(F)c2)CC1. The van der Waals surface area contributed by atoms with Gasteiger partial charge in [0.1, 0.15) is 5.82 Å². The molecular formula is C18H25F3O. The smallest absolute Gasteiger partial charge is 0.254 e. The predicted octanol–water partition coefficient (Wildman–Crippen LogP) is 5.30. The number of rotatable bonds is 6. The third-order valence-electron chi connectivity index (χ3n) is 4.51. The van der Waals surface area contributed by atoms with E-state index in [2.05, 4.69) is 0 Å². The largest absolute Gasteiger partial charge is 0.378 e. The van der Waals surface area contributed by atoms with Crippen molar-refractivity contribution in [2.75, 3.05) is 6.61 Å². The fourth-order valence-corrected chi connectivity index (χ4v) is 3.10. The molecule has 0 saturated heterocycles. The van der Waals surface area contributed by atoms with Crippen LogP contribution in [0.5, 0.6) is 0 Å². The van der Waals surface area contributed by atoms with Crippen LogP contribution >= 0.6 is 0 Å². The Morgan fingerprint density at radius 3 is 2.45 bits per heavy atom. The maximum absolute atomic E-state index is 14.4. The van der Waals surface area contributed by atoms with Crippen LogP contribution in [0.15, 0.2) is 18.2 Å². The molecule has 0 radical (unpaired) electrons. The Labute approximate surface area is 130 Å². The van der Waals surface area contributed by atoms with E-state index in [1.54, 1.807) is 19.1 Å². The van der Waals surface area contributed by atoms with Crippen LogP contribution in [0.25, 0.3) is 0 Å². The van der Waals surface area contributed by atoms with Gasteiger partial charge in [0.2, 0.25) is 0 Å². The van der Waals surface area contributed by atoms with E-state index in [1.165, 1.54) is 6.07 Å². The second kappa shape index (κ2) is 7.49. The van der Waals surface area contributed by atoms with Gasteiger partial charge in [0.25, 0.3) is 5.92 Å². The molecule has 4 heteroatoms. The molecule has 124 valence electrons. The fraction of sp³-hybridized carbons (Fsp3) is 0.667. The zero-order chi connectivity index (χ0) is 16.2. The number of hydrogen-bond donors (Lipinski definition) is 0. The molecule has 1 fully saturated rings. The summed E-state index contributed by atoms with van der Waals surface area (Å²) < 4.78 is 48.0. The van der Waals surface area contributed by atoms with E-state index in [0.29, 0.717) is 43.4 Å². The summed E-state index contributed by atoms with van der Waals surface area (Å²) in [5.74, 6) is -3.82. The number of aryl methyl sites for hydroxylation is 1. The van der Waals surface area contributed by atoms with Gasteiger partial charge < -0.3 is 4.74 Å². The molecule has 0 atom stereocenters. The van der Waals surface area contributed by atoms with E-state index in [-0.39, 0.29) is 12.5 Å². The molecule has 1 aliphatic carbocycles. The van der Waals surface area contributed by atoms with Crippen molar-refractivity contribution in [2.24, 2.45) is 5.92 Å². The normalized spacial score (nSPS) is 22.8. The highest BCUT2D eigenvalue weighted by Crippen LogP contribution is 2.39. The summed E-state index contributed by atoms with van der Waals surface area (Å²) in [6.45, 7) is 4.38. The Bertz CT molecular complexity index is 479. The van der Waals surface area contributed by atoms with E-state index < -0.39 is 17.7 Å². The number of benzene rings is 1. The van der Waals surface area contributed by atoms with Crippen LogP contribution in [0.3, 0.4) is 0 Å². The molecule has 0 spiro atoms. The van der Waals surface area contributed by atoms with Gasteiger partial charge in [-0.1, -0.05) is 19.1 Å². The summed E-state index contributed by atoms with van der Waals surface area (Å²) in [6, 6.07) is 4.40. The summed E-state index contributed by atoms with van der Waals surface area (Å²) in [5, 5.41) is 0. The standard InChI is InChI=1S/C18H25F3O/c1-3-10-22-16-8-6-15(7-9-16)18(20,21)12-14-5-4-13(2)17(19)11-14/h4-5,11,15-16H,3,6-10,12H2,1-2H3. The van der Waals surface area contributed by atoms with Crippen LogP contribution in [0.4, 0.5) is 13.2 Å². The van der Waals surface area contributed by atoms with Gasteiger partial charge in [-0.2, -0.15) is 0 Å². The van der Waals surface area contributed by atoms with Crippen molar-refractivity contribution < 1.29 is 17.9 Å². The molecule has 0 heterocycles. The zero-order valence-corrected chi connectivity index (χ0v) is 13.4. The second-order valence-electron chi connectivity index (χ2n) is 6.37. The van der Waals surface area contributed by atoms with Gasteiger partial charge in [0.15, 0.2) is 0 Å². The molecule has 0 amide bonds. The average molecular weight is 314 g/mol. The Morgan fingerprint density at radius 1 is 1.18 bits per heavy atom. The van der Waals surface area contributed by atoms with Gasteiger partial charge in [-0.25, -0.2) is 13.2 Å². The van der Waals surface area contributed by atoms with Crippen molar-refractivity contribution in [3.63, 3.8) is 0 Å². The molecule has 0 bridgehead atoms. The van der Waals surface area contributed by atoms with Crippen molar-refractivity contribution in [3.05, 3.63) is 35.1 Å². The van der Waals surface area contributed by atoms with Crippen LogP contribution in [-0.2, 0) is 11.2 Å². The molecule has 0 N–H and O–H groups in total. The Balaban J connectivity index is 1.92. The monoisotopic (exact) mass is 314 g/mol. The van der Waals surface area contributed by atoms with Crippen LogP contribution in [-0.4, -0.2) is 18.6 Å². The first-order valence-electron chi connectivity index (χ1n) is 8.17. The summed E-state index contributed by atoms with van der Waals surface area (Å²) in [7, 11) is 0. The van der Waals surface area contributed by atoms with Gasteiger partial charge >= 0.3 is 0 Å². The van der Waals surface area contributed by atoms with Crippen molar-refractivity contribution in [2.45, 2.75) is 64.4 Å². The zero-order valence-electron chi connectivity index (χ0n) is 13.4. The van der Waals surface area contributed by atoms with E-state index in [9.17, 15) is 13.2 Å². The maximum atomic E-state index is 14.4. The van der Waals surface area contributed by atoms with E-state index in [1.807, 2.05) is 6.92 Å². The Morgan fingerprint density at radius 2 is 1.86 bits per heavy atom. The van der Waals surface area contributed by atoms with Crippen LogP contribution in [0, 0.1) is 18.7 Å². The first kappa shape index (κ1) is 17.3. The number of ether oxygens (including phenoxy) is 1. The Kier molecular flexibility index (Phi) is 5.90. The second-order valence-corrected chi connectivity index (χ2v) is 6.37. The molecule has 1 saturated carbocycles. The van der Waals surface area contributed by atoms with Gasteiger partial charge in [-0.05, 0) is 56.2 Å². The van der Waals surface area contributed by atoms with Crippen LogP contribution in [0.2, 0.25) is 0 Å². The average Bonchev–Trinajstić information content (AvgIpc) is 2.49. The van der Waals surface area contributed by atoms with Gasteiger partial charge in [-0.3, -0.25) is 0 Å². The lowest BCUT2D eigenvalue weighted by molar-refractivity contribution is -0.0881. The number of hydrogen-bond acceptors (Lipinski definition) is 1. The molecule has 1 aromatic rings. The lowest BCUT2D eigenvalue weighted by Crippen LogP contribution is -2.35. The fourth-order valence-electron chi connectivity index (χ4n) is 3.10. The highest BCUT2D eigenvalue weighted by Gasteiger charge is 2.41. The van der Waals surface area contributed by atoms with E-state index in [0.717, 1.165) is 6.42 Å². The molecule has 2 rings (SSSR count). The third kappa shape index (κ3) is 4.48. The minimum absolute atomic E-state index is 0.129. The lowest BCUT2D eigenvalue weighted by Gasteiger charge is -2.33. The predicted molar refractivity (Wildman–Crippen MR) is 81.8 cm³/mol. The summed E-state index contributed by atoms with van der Waals surface area (Å²) >= 11 is 0. The molecule has 1 aromatic carbocycles. The molecular weight excluding hydrogens is 289 g/mol. The Hall–Kier alpha value is -1.03. The summed E-state index contributed by atoms with van der Waals surface area (Å²) in [5.41, 5.74) is 0.859. The topological polar surface area (TPSA) is 9.23 Å². The maximum Gasteiger partial charge on any atom is 0.254 e. The highest BCUT2D eigenvalue weighted by molar-refractivity contribution is 5.24. The molecule has 0 aliphatic heterocycles. The first-order valence-corrected chi connectivity index (χ1v) is 8.17. The summed E-state index contributed by atoms with van der Waals surface area (Å²) in [6.07, 6.45) is 3.06. The minimum Gasteiger partial charge on any atom is -0.378 e. The van der Waals surface area contributed by atoms with Crippen LogP contribution in [0.1, 0.15) is 50.2 Å². The highest BCUT2D eigenvalue weighted by atomic mass is 19.3. The van der Waals surface area contributed by atoms with Crippen LogP contribution < -0.4 is 0 Å². The van der Waals surface area contributed by atoms with Crippen molar-refractivity contribution in [3.8, 4) is 0 Å². The minimum atomic E-state index is -2.78. The molecule has 0 unspecified atom stereocenters. The van der Waals surface area contributed by atoms with Crippen molar-refractivity contribution in [1.82, 2.24) is 0 Å². The van der Waals surface area contributed by atoms with E-state index >= 15 is 0 Å². The van der Waals surface area contributed by atoms with Gasteiger partial charge in [-0.15, -0.1) is 0 Å². The van der Waals surface area contributed by atoms with Gasteiger partial charge in [0, 0.05) is 18.9 Å². The van der Waals surface area contributed by atoms with Crippen molar-refractivity contribution in [1.29, 1.82) is 0 Å². The molecule has 1 nitrogen and oxygen atoms in total. The number of halogens is 3. The van der Waals surface area contributed by atoms with Gasteiger partial charge in [0.05, 0.1) is 6.10 Å². The number of alkyl halides is 2. The molecule has 0 aromatic heterocycles. The summed E-state index contributed by atoms with van der Waals surface area (Å²) in [4.78, 5) is 0. The first-order chi connectivity index (χ1) is 10.4. The lowest BCUT2D eigenvalue weighted by atomic mass is 9.81. The molecule has 22 heavy (non-hydrogen) atoms. The quantitative estimate of drug-likeness (QED) is 0.692. The van der Waals surface area contributed by atoms with Crippen molar-refractivity contribution >= 4 is 0 Å². The van der Waals surface area contributed by atoms with E-state index in [4.69, 9.17) is 4.74 Å². The molecule has 1 aliphatic rings.